The van der Waals surface area contributed by atoms with Crippen LogP contribution in [0, 0.1) is 0 Å². The molecule has 1 N–H and O–H groups in total. The summed E-state index contributed by atoms with van der Waals surface area (Å²) in [5.74, 6) is -0.361. The third-order valence-corrected chi connectivity index (χ3v) is 6.90. The fourth-order valence-electron chi connectivity index (χ4n) is 2.80. The molecular formula is C17H20N2O3S2. The van der Waals surface area contributed by atoms with Gasteiger partial charge in [-0.05, 0) is 36.4 Å². The van der Waals surface area contributed by atoms with E-state index >= 15 is 0 Å². The van der Waals surface area contributed by atoms with E-state index in [0.29, 0.717) is 19.6 Å². The minimum absolute atomic E-state index is 0.0931. The van der Waals surface area contributed by atoms with Gasteiger partial charge in [-0.1, -0.05) is 24.6 Å². The normalized spacial score (nSPS) is 16.0. The van der Waals surface area contributed by atoms with Crippen LogP contribution in [0.25, 0.3) is 0 Å². The van der Waals surface area contributed by atoms with Crippen LogP contribution in [0.5, 0.6) is 0 Å². The molecule has 1 aliphatic rings. The number of hydrogen-bond acceptors (Lipinski definition) is 4. The zero-order valence-corrected chi connectivity index (χ0v) is 14.9. The molecule has 0 unspecified atom stereocenters. The van der Waals surface area contributed by atoms with Gasteiger partial charge in [0.2, 0.25) is 10.0 Å². The molecule has 3 rings (SSSR count). The van der Waals surface area contributed by atoms with Crippen molar-refractivity contribution < 1.29 is 13.2 Å². The summed E-state index contributed by atoms with van der Waals surface area (Å²) in [4.78, 5) is 13.6. The smallest absolute Gasteiger partial charge is 0.252 e. The van der Waals surface area contributed by atoms with Crippen LogP contribution < -0.4 is 5.32 Å². The number of sulfonamides is 1. The predicted octanol–water partition coefficient (Wildman–Crippen LogP) is 2.85. The first-order chi connectivity index (χ1) is 11.6. The lowest BCUT2D eigenvalue weighted by atomic mass is 10.2. The summed E-state index contributed by atoms with van der Waals surface area (Å²) in [5.41, 5.74) is 0.208. The Kier molecular flexibility index (Phi) is 5.33. The van der Waals surface area contributed by atoms with Crippen molar-refractivity contribution in [2.24, 2.45) is 0 Å². The molecule has 1 aromatic heterocycles. The number of hydrogen-bond donors (Lipinski definition) is 1. The summed E-state index contributed by atoms with van der Waals surface area (Å²) in [5, 5.41) is 4.75. The number of amides is 1. The summed E-state index contributed by atoms with van der Waals surface area (Å²) in [6.45, 7) is 1.44. The van der Waals surface area contributed by atoms with Gasteiger partial charge in [-0.15, -0.1) is 11.3 Å². The first kappa shape index (κ1) is 17.1. The predicted molar refractivity (Wildman–Crippen MR) is 94.5 cm³/mol. The molecule has 1 aliphatic heterocycles. The number of benzene rings is 1. The molecule has 7 heteroatoms. The lowest BCUT2D eigenvalue weighted by molar-refractivity contribution is 0.0947. The van der Waals surface area contributed by atoms with E-state index < -0.39 is 10.0 Å². The summed E-state index contributed by atoms with van der Waals surface area (Å²) >= 11 is 1.55. The van der Waals surface area contributed by atoms with Gasteiger partial charge in [0.05, 0.1) is 17.0 Å². The van der Waals surface area contributed by atoms with Crippen molar-refractivity contribution in [1.29, 1.82) is 0 Å². The number of piperidine rings is 1. The zero-order valence-electron chi connectivity index (χ0n) is 13.3. The number of carbonyl (C=O) groups is 1. The van der Waals surface area contributed by atoms with Gasteiger partial charge in [-0.25, -0.2) is 8.42 Å². The van der Waals surface area contributed by atoms with Gasteiger partial charge in [-0.2, -0.15) is 4.31 Å². The summed E-state index contributed by atoms with van der Waals surface area (Å²) < 4.78 is 27.3. The van der Waals surface area contributed by atoms with E-state index in [1.54, 1.807) is 29.5 Å². The minimum Gasteiger partial charge on any atom is -0.347 e. The van der Waals surface area contributed by atoms with Gasteiger partial charge in [0.1, 0.15) is 0 Å². The molecule has 0 bridgehead atoms. The maximum Gasteiger partial charge on any atom is 0.252 e. The summed E-state index contributed by atoms with van der Waals surface area (Å²) in [6, 6.07) is 10.3. The van der Waals surface area contributed by atoms with Gasteiger partial charge in [0.25, 0.3) is 5.91 Å². The van der Waals surface area contributed by atoms with Gasteiger partial charge in [-0.3, -0.25) is 4.79 Å². The quantitative estimate of drug-likeness (QED) is 0.887. The van der Waals surface area contributed by atoms with Crippen LogP contribution in [0.2, 0.25) is 0 Å². The Morgan fingerprint density at radius 3 is 2.54 bits per heavy atom. The second kappa shape index (κ2) is 7.46. The molecule has 1 aromatic carbocycles. The molecule has 2 heterocycles. The lowest BCUT2D eigenvalue weighted by Crippen LogP contribution is -2.37. The van der Waals surface area contributed by atoms with E-state index in [-0.39, 0.29) is 16.4 Å². The Morgan fingerprint density at radius 2 is 1.83 bits per heavy atom. The third kappa shape index (κ3) is 3.68. The second-order valence-electron chi connectivity index (χ2n) is 5.72. The van der Waals surface area contributed by atoms with Crippen LogP contribution in [0.1, 0.15) is 34.5 Å². The van der Waals surface area contributed by atoms with Crippen molar-refractivity contribution in [1.82, 2.24) is 9.62 Å². The summed E-state index contributed by atoms with van der Waals surface area (Å²) in [7, 11) is -3.63. The number of rotatable bonds is 5. The van der Waals surface area contributed by atoms with Crippen molar-refractivity contribution in [3.63, 3.8) is 0 Å². The van der Waals surface area contributed by atoms with Crippen LogP contribution in [0.3, 0.4) is 0 Å². The number of thiophene rings is 1. The average Bonchev–Trinajstić information content (AvgIpc) is 3.14. The molecule has 0 saturated carbocycles. The largest absolute Gasteiger partial charge is 0.347 e. The van der Waals surface area contributed by atoms with Crippen molar-refractivity contribution in [3.8, 4) is 0 Å². The van der Waals surface area contributed by atoms with E-state index in [4.69, 9.17) is 0 Å². The molecule has 0 atom stereocenters. The van der Waals surface area contributed by atoms with E-state index in [0.717, 1.165) is 24.1 Å². The SMILES string of the molecule is O=C(NCc1cccs1)c1ccccc1S(=O)(=O)N1CCCCC1. The van der Waals surface area contributed by atoms with Crippen molar-refractivity contribution in [2.75, 3.05) is 13.1 Å². The number of nitrogens with one attached hydrogen (secondary N) is 1. The van der Waals surface area contributed by atoms with Crippen LogP contribution in [0.4, 0.5) is 0 Å². The van der Waals surface area contributed by atoms with Gasteiger partial charge < -0.3 is 5.32 Å². The molecule has 0 spiro atoms. The molecule has 1 fully saturated rings. The number of carbonyl (C=O) groups excluding carboxylic acids is 1. The highest BCUT2D eigenvalue weighted by atomic mass is 32.2. The average molecular weight is 364 g/mol. The molecule has 1 saturated heterocycles. The molecule has 24 heavy (non-hydrogen) atoms. The molecule has 128 valence electrons. The maximum atomic E-state index is 12.9. The van der Waals surface area contributed by atoms with Crippen molar-refractivity contribution >= 4 is 27.3 Å². The highest BCUT2D eigenvalue weighted by Crippen LogP contribution is 2.23. The van der Waals surface area contributed by atoms with E-state index in [1.165, 1.54) is 10.4 Å². The highest BCUT2D eigenvalue weighted by Gasteiger charge is 2.29. The van der Waals surface area contributed by atoms with Gasteiger partial charge in [0.15, 0.2) is 0 Å². The topological polar surface area (TPSA) is 66.5 Å². The Hall–Kier alpha value is -1.70. The second-order valence-corrected chi connectivity index (χ2v) is 8.66. The van der Waals surface area contributed by atoms with Crippen molar-refractivity contribution in [3.05, 3.63) is 52.2 Å². The Morgan fingerprint density at radius 1 is 1.08 bits per heavy atom. The van der Waals surface area contributed by atoms with Crippen molar-refractivity contribution in [2.45, 2.75) is 30.7 Å². The zero-order chi connectivity index (χ0) is 17.0. The Bertz CT molecular complexity index is 795. The molecule has 1 amide bonds. The molecule has 0 aliphatic carbocycles. The van der Waals surface area contributed by atoms with Crippen LogP contribution in [-0.2, 0) is 16.6 Å². The highest BCUT2D eigenvalue weighted by molar-refractivity contribution is 7.89. The monoisotopic (exact) mass is 364 g/mol. The number of nitrogens with zero attached hydrogens (tertiary/aromatic N) is 1. The first-order valence-corrected chi connectivity index (χ1v) is 10.3. The molecule has 5 nitrogen and oxygen atoms in total. The lowest BCUT2D eigenvalue weighted by Gasteiger charge is -2.26. The van der Waals surface area contributed by atoms with Gasteiger partial charge in [0, 0.05) is 18.0 Å². The van der Waals surface area contributed by atoms with E-state index in [1.807, 2.05) is 17.5 Å². The fraction of sp³-hybridized carbons (Fsp3) is 0.353. The van der Waals surface area contributed by atoms with E-state index in [9.17, 15) is 13.2 Å². The minimum atomic E-state index is -3.63. The molecule has 2 aromatic rings. The van der Waals surface area contributed by atoms with E-state index in [2.05, 4.69) is 5.32 Å². The third-order valence-electron chi connectivity index (χ3n) is 4.07. The Balaban J connectivity index is 1.83. The molecular weight excluding hydrogens is 344 g/mol. The standard InChI is InChI=1S/C17H20N2O3S2/c20-17(18-13-14-7-6-12-23-14)15-8-2-3-9-16(15)24(21,22)19-10-4-1-5-11-19/h2-3,6-9,12H,1,4-5,10-11,13H2,(H,18,20). The van der Waals surface area contributed by atoms with Crippen LogP contribution in [0.15, 0.2) is 46.7 Å². The molecule has 0 radical (unpaired) electrons. The van der Waals surface area contributed by atoms with Gasteiger partial charge >= 0.3 is 0 Å². The fourth-order valence-corrected chi connectivity index (χ4v) is 5.15. The first-order valence-electron chi connectivity index (χ1n) is 7.99. The summed E-state index contributed by atoms with van der Waals surface area (Å²) in [6.07, 6.45) is 2.78. The Labute approximate surface area is 146 Å². The maximum absolute atomic E-state index is 12.9. The van der Waals surface area contributed by atoms with Crippen LogP contribution >= 0.6 is 11.3 Å². The van der Waals surface area contributed by atoms with Crippen LogP contribution in [-0.4, -0.2) is 31.7 Å².